The Balaban J connectivity index is 1.70. The van der Waals surface area contributed by atoms with Crippen LogP contribution in [-0.4, -0.2) is 17.9 Å². The first-order valence-corrected chi connectivity index (χ1v) is 9.49. The lowest BCUT2D eigenvalue weighted by Gasteiger charge is -2.35. The highest BCUT2D eigenvalue weighted by Crippen LogP contribution is 2.42. The average Bonchev–Trinajstić information content (AvgIpc) is 2.72. The van der Waals surface area contributed by atoms with Crippen LogP contribution in [0.25, 0.3) is 0 Å². The van der Waals surface area contributed by atoms with Crippen LogP contribution in [0.5, 0.6) is 5.75 Å². The molecule has 3 aromatic carbocycles. The van der Waals surface area contributed by atoms with E-state index in [1.165, 1.54) is 5.56 Å². The van der Waals surface area contributed by atoms with Crippen LogP contribution in [0.2, 0.25) is 0 Å². The minimum Gasteiger partial charge on any atom is -0.487 e. The standard InChI is InChI=1S/C24H24N2O2/c1-24(2)16-28-23-20(25-15-17-9-5-3-6-10-17)14-13-19(21(23)26-24)22(27)18-11-7-4-8-12-18/h3-14,25-26H,15-16H2,1-2H3. The molecular weight excluding hydrogens is 348 g/mol. The van der Waals surface area contributed by atoms with Crippen LogP contribution in [0.15, 0.2) is 72.8 Å². The Bertz CT molecular complexity index is 982. The first kappa shape index (κ1) is 18.1. The second kappa shape index (κ2) is 7.39. The fourth-order valence-electron chi connectivity index (χ4n) is 3.35. The van der Waals surface area contributed by atoms with Gasteiger partial charge in [0, 0.05) is 17.7 Å². The Kier molecular flexibility index (Phi) is 4.78. The SMILES string of the molecule is CC1(C)COc2c(NCc3ccccc3)ccc(C(=O)c3ccccc3)c2N1. The summed E-state index contributed by atoms with van der Waals surface area (Å²) in [6, 6.07) is 23.4. The number of anilines is 2. The molecule has 1 aliphatic rings. The van der Waals surface area contributed by atoms with Gasteiger partial charge in [-0.3, -0.25) is 4.79 Å². The van der Waals surface area contributed by atoms with E-state index >= 15 is 0 Å². The van der Waals surface area contributed by atoms with E-state index in [9.17, 15) is 4.79 Å². The summed E-state index contributed by atoms with van der Waals surface area (Å²) in [6.45, 7) is 5.35. The summed E-state index contributed by atoms with van der Waals surface area (Å²) in [5.41, 5.74) is 3.86. The molecule has 0 aliphatic carbocycles. The van der Waals surface area contributed by atoms with Crippen molar-refractivity contribution in [1.82, 2.24) is 0 Å². The number of rotatable bonds is 5. The number of ketones is 1. The quantitative estimate of drug-likeness (QED) is 0.611. The van der Waals surface area contributed by atoms with E-state index < -0.39 is 0 Å². The third kappa shape index (κ3) is 3.72. The third-order valence-corrected chi connectivity index (χ3v) is 4.80. The molecule has 0 unspecified atom stereocenters. The summed E-state index contributed by atoms with van der Waals surface area (Å²) in [4.78, 5) is 13.1. The smallest absolute Gasteiger partial charge is 0.195 e. The number of ether oxygens (including phenoxy) is 1. The summed E-state index contributed by atoms with van der Waals surface area (Å²) in [6.07, 6.45) is 0. The van der Waals surface area contributed by atoms with Crippen LogP contribution in [-0.2, 0) is 6.54 Å². The largest absolute Gasteiger partial charge is 0.487 e. The number of benzene rings is 3. The van der Waals surface area contributed by atoms with E-state index in [-0.39, 0.29) is 11.3 Å². The highest BCUT2D eigenvalue weighted by atomic mass is 16.5. The maximum Gasteiger partial charge on any atom is 0.195 e. The van der Waals surface area contributed by atoms with Crippen molar-refractivity contribution >= 4 is 17.2 Å². The van der Waals surface area contributed by atoms with Gasteiger partial charge in [-0.2, -0.15) is 0 Å². The predicted octanol–water partition coefficient (Wildman–Crippen LogP) is 5.11. The average molecular weight is 372 g/mol. The molecule has 0 fully saturated rings. The normalized spacial score (nSPS) is 14.4. The second-order valence-corrected chi connectivity index (χ2v) is 7.70. The molecule has 0 atom stereocenters. The van der Waals surface area contributed by atoms with Crippen LogP contribution < -0.4 is 15.4 Å². The summed E-state index contributed by atoms with van der Waals surface area (Å²) >= 11 is 0. The molecule has 1 heterocycles. The fourth-order valence-corrected chi connectivity index (χ4v) is 3.35. The molecule has 0 amide bonds. The molecular formula is C24H24N2O2. The van der Waals surface area contributed by atoms with E-state index in [0.717, 1.165) is 11.4 Å². The van der Waals surface area contributed by atoms with Crippen molar-refractivity contribution in [3.8, 4) is 5.75 Å². The van der Waals surface area contributed by atoms with Gasteiger partial charge in [-0.05, 0) is 31.5 Å². The first-order valence-electron chi connectivity index (χ1n) is 9.49. The highest BCUT2D eigenvalue weighted by Gasteiger charge is 2.31. The Morgan fingerprint density at radius 2 is 1.68 bits per heavy atom. The minimum absolute atomic E-state index is 0.0136. The number of nitrogens with one attached hydrogen (secondary N) is 2. The van der Waals surface area contributed by atoms with Crippen LogP contribution in [0.3, 0.4) is 0 Å². The van der Waals surface area contributed by atoms with Crippen molar-refractivity contribution in [1.29, 1.82) is 0 Å². The van der Waals surface area contributed by atoms with Crippen molar-refractivity contribution in [3.63, 3.8) is 0 Å². The van der Waals surface area contributed by atoms with Gasteiger partial charge in [-0.25, -0.2) is 0 Å². The molecule has 142 valence electrons. The van der Waals surface area contributed by atoms with Crippen LogP contribution in [0, 0.1) is 0 Å². The highest BCUT2D eigenvalue weighted by molar-refractivity contribution is 6.13. The molecule has 0 spiro atoms. The number of carbonyl (C=O) groups is 1. The van der Waals surface area contributed by atoms with Gasteiger partial charge in [0.2, 0.25) is 0 Å². The Morgan fingerprint density at radius 1 is 1.00 bits per heavy atom. The van der Waals surface area contributed by atoms with Crippen LogP contribution in [0.1, 0.15) is 35.3 Å². The molecule has 0 radical (unpaired) electrons. The number of hydrogen-bond donors (Lipinski definition) is 2. The number of carbonyl (C=O) groups excluding carboxylic acids is 1. The zero-order chi connectivity index (χ0) is 19.6. The topological polar surface area (TPSA) is 50.4 Å². The van der Waals surface area contributed by atoms with Gasteiger partial charge in [0.05, 0.1) is 16.9 Å². The third-order valence-electron chi connectivity index (χ3n) is 4.80. The van der Waals surface area contributed by atoms with Gasteiger partial charge in [0.25, 0.3) is 0 Å². The monoisotopic (exact) mass is 372 g/mol. The Hall–Kier alpha value is -3.27. The van der Waals surface area contributed by atoms with E-state index in [2.05, 4.69) is 36.6 Å². The van der Waals surface area contributed by atoms with E-state index in [4.69, 9.17) is 4.74 Å². The predicted molar refractivity (Wildman–Crippen MR) is 113 cm³/mol. The zero-order valence-electron chi connectivity index (χ0n) is 16.2. The summed E-state index contributed by atoms with van der Waals surface area (Å²) in [5, 5.41) is 6.95. The van der Waals surface area contributed by atoms with Gasteiger partial charge < -0.3 is 15.4 Å². The molecule has 28 heavy (non-hydrogen) atoms. The molecule has 4 rings (SSSR count). The number of hydrogen-bond acceptors (Lipinski definition) is 4. The first-order chi connectivity index (χ1) is 13.5. The Labute approximate surface area is 165 Å². The molecule has 4 heteroatoms. The van der Waals surface area contributed by atoms with E-state index in [1.807, 2.05) is 60.7 Å². The summed E-state index contributed by atoms with van der Waals surface area (Å²) in [5.74, 6) is 0.692. The summed E-state index contributed by atoms with van der Waals surface area (Å²) in [7, 11) is 0. The van der Waals surface area contributed by atoms with Crippen LogP contribution >= 0.6 is 0 Å². The van der Waals surface area contributed by atoms with Crippen molar-refractivity contribution in [2.24, 2.45) is 0 Å². The molecule has 1 aliphatic heterocycles. The molecule has 2 N–H and O–H groups in total. The van der Waals surface area contributed by atoms with Crippen LogP contribution in [0.4, 0.5) is 11.4 Å². The summed E-state index contributed by atoms with van der Waals surface area (Å²) < 4.78 is 6.11. The molecule has 0 aromatic heterocycles. The maximum atomic E-state index is 13.1. The molecule has 0 saturated carbocycles. The lowest BCUT2D eigenvalue weighted by molar-refractivity contribution is 0.103. The van der Waals surface area contributed by atoms with Crippen molar-refractivity contribution in [2.75, 3.05) is 17.2 Å². The Morgan fingerprint density at radius 3 is 2.39 bits per heavy atom. The van der Waals surface area contributed by atoms with Gasteiger partial charge in [0.1, 0.15) is 6.61 Å². The molecule has 0 bridgehead atoms. The van der Waals surface area contributed by atoms with E-state index in [1.54, 1.807) is 0 Å². The van der Waals surface area contributed by atoms with Gasteiger partial charge in [0.15, 0.2) is 11.5 Å². The fraction of sp³-hybridized carbons (Fsp3) is 0.208. The van der Waals surface area contributed by atoms with Crippen molar-refractivity contribution < 1.29 is 9.53 Å². The van der Waals surface area contributed by atoms with Gasteiger partial charge in [-0.15, -0.1) is 0 Å². The van der Waals surface area contributed by atoms with Crippen molar-refractivity contribution in [3.05, 3.63) is 89.5 Å². The molecule has 3 aromatic rings. The molecule has 4 nitrogen and oxygen atoms in total. The lowest BCUT2D eigenvalue weighted by atomic mass is 9.96. The molecule has 0 saturated heterocycles. The maximum absolute atomic E-state index is 13.1. The van der Waals surface area contributed by atoms with Gasteiger partial charge in [-0.1, -0.05) is 60.7 Å². The van der Waals surface area contributed by atoms with E-state index in [0.29, 0.717) is 30.0 Å². The zero-order valence-corrected chi connectivity index (χ0v) is 16.2. The lowest BCUT2D eigenvalue weighted by Crippen LogP contribution is -2.41. The van der Waals surface area contributed by atoms with Gasteiger partial charge >= 0.3 is 0 Å². The second-order valence-electron chi connectivity index (χ2n) is 7.70. The minimum atomic E-state index is -0.253. The van der Waals surface area contributed by atoms with Crippen molar-refractivity contribution in [2.45, 2.75) is 25.9 Å². The number of fused-ring (bicyclic) bond motifs is 1.